The van der Waals surface area contributed by atoms with Gasteiger partial charge in [-0.3, -0.25) is 9.69 Å². The molecule has 0 saturated carbocycles. The smallest absolute Gasteiger partial charge is 0.256 e. The molecule has 0 radical (unpaired) electrons. The summed E-state index contributed by atoms with van der Waals surface area (Å²) in [4.78, 5) is 22.6. The average Bonchev–Trinajstić information content (AvgIpc) is 3.28. The molecule has 226 valence electrons. The standard InChI is InChI=1S/C32H51N3O4Si2/c1-10-40-38-19-16-29-30-27(21-35(29)31(37)24(4)22-36)25(26-13-11-12-14-28(26)33-30)15-17-34(23(2)3)18-20-39-41(8,9)32(5,6)7/h11-14,16,23,36H,4,10,15,17-22,40H2,1-3,5-9H3/b29-16-. The Balaban J connectivity index is 1.94. The van der Waals surface area contributed by atoms with Crippen LogP contribution in [-0.4, -0.2) is 82.8 Å². The van der Waals surface area contributed by atoms with Crippen molar-refractivity contribution in [3.8, 4) is 0 Å². The van der Waals surface area contributed by atoms with Gasteiger partial charge >= 0.3 is 0 Å². The molecular formula is C32H51N3O4Si2. The molecule has 1 N–H and O–H groups in total. The first kappa shape index (κ1) is 33.4. The molecule has 0 fully saturated rings. The van der Waals surface area contributed by atoms with Gasteiger partial charge in [-0.2, -0.15) is 0 Å². The molecule has 1 aliphatic rings. The second-order valence-corrected chi connectivity index (χ2v) is 19.4. The molecule has 1 amide bonds. The lowest BCUT2D eigenvalue weighted by Gasteiger charge is -2.37. The summed E-state index contributed by atoms with van der Waals surface area (Å²) >= 11 is 0. The van der Waals surface area contributed by atoms with Crippen molar-refractivity contribution in [2.75, 3.05) is 32.9 Å². The van der Waals surface area contributed by atoms with Crippen molar-refractivity contribution in [3.63, 3.8) is 0 Å². The number of aromatic nitrogens is 1. The van der Waals surface area contributed by atoms with E-state index in [1.54, 1.807) is 4.90 Å². The van der Waals surface area contributed by atoms with Crippen molar-refractivity contribution in [3.05, 3.63) is 59.3 Å². The van der Waals surface area contributed by atoms with Crippen LogP contribution in [0.2, 0.25) is 24.2 Å². The topological polar surface area (TPSA) is 75.1 Å². The maximum absolute atomic E-state index is 13.3. The van der Waals surface area contributed by atoms with Gasteiger partial charge in [0.15, 0.2) is 18.1 Å². The van der Waals surface area contributed by atoms with E-state index in [2.05, 4.69) is 78.2 Å². The van der Waals surface area contributed by atoms with Gasteiger partial charge < -0.3 is 18.9 Å². The number of carbonyl (C=O) groups is 1. The van der Waals surface area contributed by atoms with Crippen LogP contribution in [0.3, 0.4) is 0 Å². The Labute approximate surface area is 250 Å². The summed E-state index contributed by atoms with van der Waals surface area (Å²) in [5, 5.41) is 11.0. The summed E-state index contributed by atoms with van der Waals surface area (Å²) in [6.07, 6.45) is 2.81. The highest BCUT2D eigenvalue weighted by Crippen LogP contribution is 2.38. The molecule has 1 aromatic carbocycles. The van der Waals surface area contributed by atoms with E-state index >= 15 is 0 Å². The number of fused-ring (bicyclic) bond motifs is 2. The molecule has 0 spiro atoms. The Bertz CT molecular complexity index is 1250. The highest BCUT2D eigenvalue weighted by Gasteiger charge is 2.37. The monoisotopic (exact) mass is 597 g/mol. The first-order valence-electron chi connectivity index (χ1n) is 15.0. The number of aliphatic hydroxyl groups is 1. The lowest BCUT2D eigenvalue weighted by atomic mass is 9.98. The van der Waals surface area contributed by atoms with Gasteiger partial charge in [0.05, 0.1) is 36.7 Å². The van der Waals surface area contributed by atoms with Crippen LogP contribution in [0, 0.1) is 0 Å². The molecule has 0 bridgehead atoms. The minimum absolute atomic E-state index is 0.173. The van der Waals surface area contributed by atoms with E-state index in [0.29, 0.717) is 19.2 Å². The van der Waals surface area contributed by atoms with Crippen LogP contribution in [0.25, 0.3) is 16.6 Å². The van der Waals surface area contributed by atoms with Crippen LogP contribution in [0.15, 0.2) is 42.5 Å². The van der Waals surface area contributed by atoms with E-state index in [1.807, 2.05) is 18.2 Å². The van der Waals surface area contributed by atoms with Crippen molar-refractivity contribution in [2.45, 2.75) is 84.7 Å². The minimum atomic E-state index is -1.81. The molecule has 2 aromatic rings. The number of hydrogen-bond acceptors (Lipinski definition) is 6. The summed E-state index contributed by atoms with van der Waals surface area (Å²) in [5.74, 6) is -0.272. The van der Waals surface area contributed by atoms with Crippen molar-refractivity contribution in [1.29, 1.82) is 0 Å². The first-order valence-corrected chi connectivity index (χ1v) is 19.5. The molecule has 2 heterocycles. The number of benzene rings is 1. The van der Waals surface area contributed by atoms with Crippen molar-refractivity contribution >= 4 is 40.6 Å². The molecule has 1 aromatic heterocycles. The zero-order valence-corrected chi connectivity index (χ0v) is 29.0. The fourth-order valence-electron chi connectivity index (χ4n) is 4.89. The quantitative estimate of drug-likeness (QED) is 0.182. The molecule has 1 aliphatic heterocycles. The largest absolute Gasteiger partial charge is 0.420 e. The van der Waals surface area contributed by atoms with Gasteiger partial charge in [0, 0.05) is 42.3 Å². The van der Waals surface area contributed by atoms with Gasteiger partial charge in [-0.25, -0.2) is 4.98 Å². The third-order valence-corrected chi connectivity index (χ3v) is 13.9. The fourth-order valence-corrected chi connectivity index (χ4v) is 6.50. The van der Waals surface area contributed by atoms with Crippen molar-refractivity contribution < 1.29 is 18.8 Å². The number of aliphatic hydroxyl groups excluding tert-OH is 1. The van der Waals surface area contributed by atoms with Gasteiger partial charge in [0.25, 0.3) is 5.91 Å². The van der Waals surface area contributed by atoms with Gasteiger partial charge in [0.2, 0.25) is 0 Å². The van der Waals surface area contributed by atoms with E-state index in [1.165, 1.54) is 5.56 Å². The maximum Gasteiger partial charge on any atom is 0.256 e. The predicted octanol–water partition coefficient (Wildman–Crippen LogP) is 5.28. The molecule has 0 aliphatic carbocycles. The van der Waals surface area contributed by atoms with Crippen molar-refractivity contribution in [1.82, 2.24) is 14.8 Å². The van der Waals surface area contributed by atoms with Crippen LogP contribution in [0.1, 0.15) is 58.4 Å². The lowest BCUT2D eigenvalue weighted by molar-refractivity contribution is -0.124. The Hall–Kier alpha value is -2.15. The van der Waals surface area contributed by atoms with Gasteiger partial charge in [-0.15, -0.1) is 0 Å². The summed E-state index contributed by atoms with van der Waals surface area (Å²) in [7, 11) is -2.39. The summed E-state index contributed by atoms with van der Waals surface area (Å²) < 4.78 is 12.4. The van der Waals surface area contributed by atoms with Gasteiger partial charge in [-0.1, -0.05) is 52.5 Å². The molecule has 0 saturated heterocycles. The summed E-state index contributed by atoms with van der Waals surface area (Å²) in [6, 6.07) is 9.67. The zero-order valence-electron chi connectivity index (χ0n) is 26.5. The van der Waals surface area contributed by atoms with E-state index in [0.717, 1.165) is 60.0 Å². The fraction of sp³-hybridized carbons (Fsp3) is 0.562. The summed E-state index contributed by atoms with van der Waals surface area (Å²) in [5.41, 5.74) is 4.97. The number of hydrogen-bond donors (Lipinski definition) is 1. The number of para-hydroxylation sites is 1. The van der Waals surface area contributed by atoms with E-state index in [4.69, 9.17) is 13.8 Å². The van der Waals surface area contributed by atoms with E-state index < -0.39 is 18.1 Å². The van der Waals surface area contributed by atoms with Gasteiger partial charge in [-0.05, 0) is 62.2 Å². The number of pyridine rings is 1. The Morgan fingerprint density at radius 2 is 1.98 bits per heavy atom. The van der Waals surface area contributed by atoms with Gasteiger partial charge in [0.1, 0.15) is 0 Å². The van der Waals surface area contributed by atoms with E-state index in [-0.39, 0.29) is 23.1 Å². The normalized spacial score (nSPS) is 15.3. The molecular weight excluding hydrogens is 547 g/mol. The number of rotatable bonds is 14. The minimum Gasteiger partial charge on any atom is -0.420 e. The third-order valence-electron chi connectivity index (χ3n) is 8.47. The number of carbonyl (C=O) groups excluding carboxylic acids is 1. The Kier molecular flexibility index (Phi) is 11.7. The van der Waals surface area contributed by atoms with Crippen LogP contribution in [0.4, 0.5) is 0 Å². The first-order chi connectivity index (χ1) is 19.3. The molecule has 0 unspecified atom stereocenters. The Morgan fingerprint density at radius 3 is 2.61 bits per heavy atom. The molecule has 7 nitrogen and oxygen atoms in total. The third kappa shape index (κ3) is 8.03. The Morgan fingerprint density at radius 1 is 1.27 bits per heavy atom. The molecule has 3 rings (SSSR count). The summed E-state index contributed by atoms with van der Waals surface area (Å²) in [6.45, 7) is 24.8. The SMILES string of the molecule is C=C(CO)C(=O)N1Cc2c(nc3ccccc3c2CCN(CCO[Si](C)(C)C(C)(C)C)C(C)C)/C1=C/CO[SiH2]CC. The average molecular weight is 598 g/mol. The highest BCUT2D eigenvalue weighted by atomic mass is 28.4. The molecule has 0 atom stereocenters. The lowest BCUT2D eigenvalue weighted by Crippen LogP contribution is -2.44. The molecule has 41 heavy (non-hydrogen) atoms. The van der Waals surface area contributed by atoms with Crippen LogP contribution >= 0.6 is 0 Å². The van der Waals surface area contributed by atoms with E-state index in [9.17, 15) is 9.90 Å². The number of amides is 1. The van der Waals surface area contributed by atoms with Crippen molar-refractivity contribution in [2.24, 2.45) is 0 Å². The molecule has 9 heteroatoms. The van der Waals surface area contributed by atoms with Crippen LogP contribution in [-0.2, 0) is 26.6 Å². The van der Waals surface area contributed by atoms with Crippen LogP contribution in [0.5, 0.6) is 0 Å². The number of nitrogens with zero attached hydrogens (tertiary/aromatic N) is 3. The highest BCUT2D eigenvalue weighted by molar-refractivity contribution is 6.74. The van der Waals surface area contributed by atoms with Crippen LogP contribution < -0.4 is 0 Å². The zero-order chi connectivity index (χ0) is 30.4. The predicted molar refractivity (Wildman–Crippen MR) is 175 cm³/mol. The second-order valence-electron chi connectivity index (χ2n) is 12.7. The maximum atomic E-state index is 13.3. The second kappa shape index (κ2) is 14.4.